The molecule has 1 aliphatic rings. The topological polar surface area (TPSA) is 74.3 Å². The molecule has 0 radical (unpaired) electrons. The van der Waals surface area contributed by atoms with Gasteiger partial charge >= 0.3 is 6.03 Å². The molecule has 1 saturated heterocycles. The summed E-state index contributed by atoms with van der Waals surface area (Å²) in [5.41, 5.74) is 2.80. The maximum absolute atomic E-state index is 12.2. The van der Waals surface area contributed by atoms with Crippen molar-refractivity contribution in [2.75, 3.05) is 11.4 Å². The molecule has 0 spiro atoms. The van der Waals surface area contributed by atoms with E-state index in [1.807, 2.05) is 49.4 Å². The summed E-state index contributed by atoms with van der Waals surface area (Å²) in [6.45, 7) is 2.85. The molecule has 0 aliphatic carbocycles. The Morgan fingerprint density at radius 3 is 2.75 bits per heavy atom. The summed E-state index contributed by atoms with van der Waals surface area (Å²) < 4.78 is 0. The van der Waals surface area contributed by atoms with E-state index in [1.54, 1.807) is 11.1 Å². The Morgan fingerprint density at radius 1 is 1.25 bits per heavy atom. The summed E-state index contributed by atoms with van der Waals surface area (Å²) in [6.07, 6.45) is 1.99. The molecule has 2 heterocycles. The first kappa shape index (κ1) is 16.0. The van der Waals surface area contributed by atoms with Crippen LogP contribution in [-0.2, 0) is 11.3 Å². The average molecular weight is 324 g/mol. The number of pyridine rings is 1. The van der Waals surface area contributed by atoms with Crippen LogP contribution in [0.5, 0.6) is 0 Å². The van der Waals surface area contributed by atoms with Crippen molar-refractivity contribution >= 4 is 17.6 Å². The quantitative estimate of drug-likeness (QED) is 0.903. The van der Waals surface area contributed by atoms with Crippen molar-refractivity contribution in [3.63, 3.8) is 0 Å². The summed E-state index contributed by atoms with van der Waals surface area (Å²) >= 11 is 0. The maximum Gasteiger partial charge on any atom is 0.315 e. The van der Waals surface area contributed by atoms with Crippen molar-refractivity contribution in [3.8, 4) is 0 Å². The number of rotatable bonds is 4. The van der Waals surface area contributed by atoms with Crippen molar-refractivity contribution in [2.45, 2.75) is 25.9 Å². The van der Waals surface area contributed by atoms with Crippen molar-refractivity contribution in [1.29, 1.82) is 0 Å². The lowest BCUT2D eigenvalue weighted by Crippen LogP contribution is -2.43. The third-order valence-electron chi connectivity index (χ3n) is 3.96. The van der Waals surface area contributed by atoms with Crippen LogP contribution < -0.4 is 15.5 Å². The Morgan fingerprint density at radius 2 is 2.04 bits per heavy atom. The van der Waals surface area contributed by atoms with Gasteiger partial charge in [0.05, 0.1) is 18.3 Å². The van der Waals surface area contributed by atoms with E-state index in [9.17, 15) is 9.59 Å². The van der Waals surface area contributed by atoms with Crippen molar-refractivity contribution in [3.05, 3.63) is 59.9 Å². The van der Waals surface area contributed by atoms with E-state index in [0.29, 0.717) is 19.5 Å². The van der Waals surface area contributed by atoms with E-state index in [0.717, 1.165) is 16.9 Å². The molecule has 3 amide bonds. The summed E-state index contributed by atoms with van der Waals surface area (Å²) in [5.74, 6) is 0.0221. The van der Waals surface area contributed by atoms with Gasteiger partial charge in [-0.05, 0) is 31.2 Å². The predicted molar refractivity (Wildman–Crippen MR) is 91.5 cm³/mol. The minimum atomic E-state index is -0.288. The monoisotopic (exact) mass is 324 g/mol. The largest absolute Gasteiger partial charge is 0.333 e. The fraction of sp³-hybridized carbons (Fsp3) is 0.278. The minimum absolute atomic E-state index is 0.0221. The second-order valence-corrected chi connectivity index (χ2v) is 5.89. The molecule has 1 aromatic heterocycles. The highest BCUT2D eigenvalue weighted by molar-refractivity contribution is 5.96. The third kappa shape index (κ3) is 3.90. The fourth-order valence-electron chi connectivity index (χ4n) is 2.69. The molecule has 2 N–H and O–H groups in total. The number of benzene rings is 1. The highest BCUT2D eigenvalue weighted by Gasteiger charge is 2.31. The number of hydrogen-bond acceptors (Lipinski definition) is 3. The predicted octanol–water partition coefficient (Wildman–Crippen LogP) is 1.99. The number of anilines is 1. The molecule has 6 heteroatoms. The van der Waals surface area contributed by atoms with E-state index in [1.165, 1.54) is 0 Å². The van der Waals surface area contributed by atoms with Gasteiger partial charge in [0.25, 0.3) is 0 Å². The highest BCUT2D eigenvalue weighted by Crippen LogP contribution is 2.21. The zero-order valence-electron chi connectivity index (χ0n) is 13.5. The lowest BCUT2D eigenvalue weighted by atomic mass is 10.2. The molecule has 2 aromatic rings. The Bertz CT molecular complexity index is 716. The van der Waals surface area contributed by atoms with Crippen LogP contribution in [0.4, 0.5) is 10.5 Å². The normalized spacial score (nSPS) is 17.0. The first-order valence-corrected chi connectivity index (χ1v) is 7.93. The lowest BCUT2D eigenvalue weighted by Gasteiger charge is -2.17. The van der Waals surface area contributed by atoms with Gasteiger partial charge in [0.15, 0.2) is 0 Å². The Balaban J connectivity index is 1.52. The molecule has 6 nitrogen and oxygen atoms in total. The molecule has 124 valence electrons. The number of hydrogen-bond donors (Lipinski definition) is 2. The van der Waals surface area contributed by atoms with Gasteiger partial charge in [0.2, 0.25) is 5.91 Å². The molecule has 1 fully saturated rings. The number of urea groups is 1. The number of aromatic nitrogens is 1. The van der Waals surface area contributed by atoms with Crippen LogP contribution in [0.15, 0.2) is 48.7 Å². The van der Waals surface area contributed by atoms with Crippen LogP contribution in [0.2, 0.25) is 0 Å². The number of nitrogens with one attached hydrogen (secondary N) is 2. The number of nitrogens with zero attached hydrogens (tertiary/aromatic N) is 2. The van der Waals surface area contributed by atoms with Crippen LogP contribution in [0, 0.1) is 6.92 Å². The Hall–Kier alpha value is -2.89. The van der Waals surface area contributed by atoms with Gasteiger partial charge in [-0.15, -0.1) is 0 Å². The van der Waals surface area contributed by atoms with Crippen molar-refractivity contribution in [2.24, 2.45) is 0 Å². The van der Waals surface area contributed by atoms with Crippen LogP contribution in [0.1, 0.15) is 17.7 Å². The zero-order valence-corrected chi connectivity index (χ0v) is 13.5. The maximum atomic E-state index is 12.2. The molecule has 0 bridgehead atoms. The fourth-order valence-corrected chi connectivity index (χ4v) is 2.69. The number of carbonyl (C=O) groups is 2. The van der Waals surface area contributed by atoms with Gasteiger partial charge in [0, 0.05) is 24.8 Å². The minimum Gasteiger partial charge on any atom is -0.333 e. The Kier molecular flexibility index (Phi) is 4.74. The molecule has 0 unspecified atom stereocenters. The molecular formula is C18H20N4O2. The summed E-state index contributed by atoms with van der Waals surface area (Å²) in [4.78, 5) is 30.0. The smallest absolute Gasteiger partial charge is 0.315 e. The van der Waals surface area contributed by atoms with Crippen LogP contribution in [0.25, 0.3) is 0 Å². The van der Waals surface area contributed by atoms with Gasteiger partial charge in [-0.2, -0.15) is 0 Å². The first-order chi connectivity index (χ1) is 11.6. The summed E-state index contributed by atoms with van der Waals surface area (Å²) in [5, 5.41) is 5.61. The van der Waals surface area contributed by atoms with E-state index < -0.39 is 0 Å². The highest BCUT2D eigenvalue weighted by atomic mass is 16.2. The van der Waals surface area contributed by atoms with E-state index in [-0.39, 0.29) is 18.0 Å². The zero-order chi connectivity index (χ0) is 16.9. The number of amides is 3. The first-order valence-electron chi connectivity index (χ1n) is 7.93. The van der Waals surface area contributed by atoms with Crippen molar-refractivity contribution < 1.29 is 9.59 Å². The molecule has 1 atom stereocenters. The third-order valence-corrected chi connectivity index (χ3v) is 3.96. The number of carbonyl (C=O) groups excluding carboxylic acids is 2. The van der Waals surface area contributed by atoms with E-state index in [2.05, 4.69) is 15.6 Å². The summed E-state index contributed by atoms with van der Waals surface area (Å²) in [7, 11) is 0. The molecule has 0 saturated carbocycles. The lowest BCUT2D eigenvalue weighted by molar-refractivity contribution is -0.117. The van der Waals surface area contributed by atoms with E-state index in [4.69, 9.17) is 0 Å². The van der Waals surface area contributed by atoms with Gasteiger partial charge in [-0.3, -0.25) is 9.78 Å². The molecular weight excluding hydrogens is 304 g/mol. The van der Waals surface area contributed by atoms with Gasteiger partial charge in [-0.25, -0.2) is 4.79 Å². The molecule has 3 rings (SSSR count). The molecule has 24 heavy (non-hydrogen) atoms. The van der Waals surface area contributed by atoms with Crippen LogP contribution in [0.3, 0.4) is 0 Å². The van der Waals surface area contributed by atoms with Crippen molar-refractivity contribution in [1.82, 2.24) is 15.6 Å². The average Bonchev–Trinajstić information content (AvgIpc) is 2.95. The van der Waals surface area contributed by atoms with Crippen LogP contribution >= 0.6 is 0 Å². The Labute approximate surface area is 140 Å². The number of aryl methyl sites for hydroxylation is 1. The van der Waals surface area contributed by atoms with Gasteiger partial charge in [0.1, 0.15) is 0 Å². The summed E-state index contributed by atoms with van der Waals surface area (Å²) in [6, 6.07) is 12.9. The van der Waals surface area contributed by atoms with E-state index >= 15 is 0 Å². The van der Waals surface area contributed by atoms with Gasteiger partial charge < -0.3 is 15.5 Å². The standard InChI is InChI=1S/C18H20N4O2/c1-13-5-7-16(8-6-13)22-12-15(10-17(22)23)21-18(24)20-11-14-4-2-3-9-19-14/h2-9,15H,10-12H2,1H3,(H2,20,21,24)/t15-/m0/s1. The second-order valence-electron chi connectivity index (χ2n) is 5.89. The molecule has 1 aliphatic heterocycles. The van der Waals surface area contributed by atoms with Crippen LogP contribution in [-0.4, -0.2) is 29.5 Å². The van der Waals surface area contributed by atoms with Gasteiger partial charge in [-0.1, -0.05) is 23.8 Å². The second kappa shape index (κ2) is 7.12. The SMILES string of the molecule is Cc1ccc(N2C[C@@H](NC(=O)NCc3ccccn3)CC2=O)cc1. The molecule has 1 aromatic carbocycles.